The van der Waals surface area contributed by atoms with Crippen LogP contribution in [-0.4, -0.2) is 31.0 Å². The van der Waals surface area contributed by atoms with Crippen molar-refractivity contribution in [3.8, 4) is 11.8 Å². The van der Waals surface area contributed by atoms with Crippen LogP contribution in [0.2, 0.25) is 0 Å². The highest BCUT2D eigenvalue weighted by molar-refractivity contribution is 5.92. The van der Waals surface area contributed by atoms with Gasteiger partial charge in [0.2, 0.25) is 11.8 Å². The molecular weight excluding hydrogens is 281 g/mol. The molecule has 112 valence electrons. The van der Waals surface area contributed by atoms with E-state index < -0.39 is 18.2 Å². The molecule has 0 aliphatic heterocycles. The van der Waals surface area contributed by atoms with Crippen LogP contribution in [0.4, 0.5) is 13.2 Å². The highest BCUT2D eigenvalue weighted by Gasteiger charge is 2.34. The summed E-state index contributed by atoms with van der Waals surface area (Å²) in [5.74, 6) is -1.88. The molecule has 1 aromatic rings. The average molecular weight is 294 g/mol. The lowest BCUT2D eigenvalue weighted by Gasteiger charge is -2.15. The van der Waals surface area contributed by atoms with Crippen molar-refractivity contribution in [3.63, 3.8) is 0 Å². The van der Waals surface area contributed by atoms with Crippen molar-refractivity contribution in [1.82, 2.24) is 4.98 Å². The van der Waals surface area contributed by atoms with Gasteiger partial charge in [0.25, 0.3) is 0 Å². The van der Waals surface area contributed by atoms with E-state index in [0.717, 1.165) is 6.07 Å². The van der Waals surface area contributed by atoms with E-state index in [2.05, 4.69) is 9.72 Å². The van der Waals surface area contributed by atoms with Gasteiger partial charge in [0.1, 0.15) is 0 Å². The fourth-order valence-electron chi connectivity index (χ4n) is 1.41. The number of esters is 1. The number of pyridine rings is 1. The summed E-state index contributed by atoms with van der Waals surface area (Å²) >= 11 is 0. The minimum absolute atomic E-state index is 0.0585. The van der Waals surface area contributed by atoms with Crippen molar-refractivity contribution in [3.05, 3.63) is 17.2 Å². The average Bonchev–Trinajstić information content (AvgIpc) is 2.36. The van der Waals surface area contributed by atoms with E-state index in [1.165, 1.54) is 7.11 Å². The fraction of sp³-hybridized carbons (Fsp3) is 0.455. The standard InChI is InChI=1S/C11H13F3N2O4/c1-3-19-10(17)6-4-8(18-2)16-9(7(6)5-15)20-11(12,13)14/h4H,3,5,15H2,1-2H3. The number of ether oxygens (including phenoxy) is 3. The van der Waals surface area contributed by atoms with E-state index in [1.807, 2.05) is 0 Å². The van der Waals surface area contributed by atoms with E-state index >= 15 is 0 Å². The van der Waals surface area contributed by atoms with Gasteiger partial charge in [0, 0.05) is 18.2 Å². The molecule has 0 bridgehead atoms. The third-order valence-electron chi connectivity index (χ3n) is 2.18. The molecule has 0 fully saturated rings. The van der Waals surface area contributed by atoms with Gasteiger partial charge in [0.05, 0.1) is 19.3 Å². The second kappa shape index (κ2) is 6.42. The summed E-state index contributed by atoms with van der Waals surface area (Å²) in [5, 5.41) is 0. The van der Waals surface area contributed by atoms with Gasteiger partial charge in [-0.05, 0) is 6.92 Å². The quantitative estimate of drug-likeness (QED) is 0.831. The van der Waals surface area contributed by atoms with Crippen LogP contribution < -0.4 is 15.2 Å². The molecule has 0 spiro atoms. The zero-order chi connectivity index (χ0) is 15.3. The molecule has 1 aromatic heterocycles. The van der Waals surface area contributed by atoms with Gasteiger partial charge < -0.3 is 19.9 Å². The largest absolute Gasteiger partial charge is 0.574 e. The number of nitrogens with two attached hydrogens (primary N) is 1. The Morgan fingerprint density at radius 3 is 2.55 bits per heavy atom. The SMILES string of the molecule is CCOC(=O)c1cc(OC)nc(OC(F)(F)F)c1CN. The summed E-state index contributed by atoms with van der Waals surface area (Å²) in [6, 6.07) is 1.14. The van der Waals surface area contributed by atoms with Gasteiger partial charge >= 0.3 is 12.3 Å². The Bertz CT molecular complexity index is 491. The molecule has 0 saturated carbocycles. The summed E-state index contributed by atoms with van der Waals surface area (Å²) in [5.41, 5.74) is 4.97. The third kappa shape index (κ3) is 3.98. The number of halogens is 3. The molecule has 0 unspecified atom stereocenters. The Kier molecular flexibility index (Phi) is 5.14. The molecule has 0 radical (unpaired) electrons. The van der Waals surface area contributed by atoms with Gasteiger partial charge in [0.15, 0.2) is 0 Å². The minimum Gasteiger partial charge on any atom is -0.481 e. The molecule has 6 nitrogen and oxygen atoms in total. The van der Waals surface area contributed by atoms with Crippen LogP contribution in [0, 0.1) is 0 Å². The van der Waals surface area contributed by atoms with Gasteiger partial charge in [-0.25, -0.2) is 4.79 Å². The molecule has 0 saturated heterocycles. The first kappa shape index (κ1) is 16.0. The Hall–Kier alpha value is -2.03. The van der Waals surface area contributed by atoms with Crippen molar-refractivity contribution in [2.24, 2.45) is 5.73 Å². The van der Waals surface area contributed by atoms with Crippen molar-refractivity contribution in [2.75, 3.05) is 13.7 Å². The molecule has 1 heterocycles. The molecule has 20 heavy (non-hydrogen) atoms. The summed E-state index contributed by atoms with van der Waals surface area (Å²) < 4.78 is 50.2. The first-order chi connectivity index (χ1) is 9.32. The maximum absolute atomic E-state index is 12.3. The van der Waals surface area contributed by atoms with E-state index in [-0.39, 0.29) is 30.2 Å². The summed E-state index contributed by atoms with van der Waals surface area (Å²) in [4.78, 5) is 15.2. The molecule has 0 amide bonds. The Morgan fingerprint density at radius 1 is 1.45 bits per heavy atom. The zero-order valence-corrected chi connectivity index (χ0v) is 10.8. The number of aromatic nitrogens is 1. The van der Waals surface area contributed by atoms with Crippen LogP contribution in [0.1, 0.15) is 22.8 Å². The molecule has 0 aliphatic carbocycles. The number of alkyl halides is 3. The molecule has 0 aromatic carbocycles. The van der Waals surface area contributed by atoms with Crippen LogP contribution in [0.15, 0.2) is 6.07 Å². The highest BCUT2D eigenvalue weighted by atomic mass is 19.4. The molecular formula is C11H13F3N2O4. The van der Waals surface area contributed by atoms with Crippen molar-refractivity contribution in [2.45, 2.75) is 19.8 Å². The number of carbonyl (C=O) groups excluding carboxylic acids is 1. The second-order valence-electron chi connectivity index (χ2n) is 3.47. The van der Waals surface area contributed by atoms with Crippen molar-refractivity contribution < 1.29 is 32.2 Å². The van der Waals surface area contributed by atoms with Gasteiger partial charge in [-0.2, -0.15) is 4.98 Å². The molecule has 0 aliphatic rings. The maximum atomic E-state index is 12.3. The monoisotopic (exact) mass is 294 g/mol. The summed E-state index contributed by atoms with van der Waals surface area (Å²) in [7, 11) is 1.19. The number of hydrogen-bond acceptors (Lipinski definition) is 6. The van der Waals surface area contributed by atoms with Crippen molar-refractivity contribution >= 4 is 5.97 Å². The lowest BCUT2D eigenvalue weighted by Crippen LogP contribution is -2.21. The van der Waals surface area contributed by atoms with E-state index in [9.17, 15) is 18.0 Å². The number of methoxy groups -OCH3 is 1. The number of rotatable bonds is 5. The first-order valence-electron chi connectivity index (χ1n) is 5.53. The lowest BCUT2D eigenvalue weighted by atomic mass is 10.1. The van der Waals surface area contributed by atoms with Gasteiger partial charge in [-0.15, -0.1) is 13.2 Å². The second-order valence-corrected chi connectivity index (χ2v) is 3.47. The lowest BCUT2D eigenvalue weighted by molar-refractivity contribution is -0.276. The summed E-state index contributed by atoms with van der Waals surface area (Å²) in [6.45, 7) is 1.24. The topological polar surface area (TPSA) is 83.7 Å². The maximum Gasteiger partial charge on any atom is 0.574 e. The third-order valence-corrected chi connectivity index (χ3v) is 2.18. The highest BCUT2D eigenvalue weighted by Crippen LogP contribution is 2.29. The van der Waals surface area contributed by atoms with Crippen molar-refractivity contribution in [1.29, 1.82) is 0 Å². The molecule has 2 N–H and O–H groups in total. The van der Waals surface area contributed by atoms with E-state index in [1.54, 1.807) is 6.92 Å². The van der Waals surface area contributed by atoms with Crippen LogP contribution in [0.25, 0.3) is 0 Å². The predicted molar refractivity (Wildman–Crippen MR) is 61.3 cm³/mol. The predicted octanol–water partition coefficient (Wildman–Crippen LogP) is 1.62. The smallest absolute Gasteiger partial charge is 0.481 e. The van der Waals surface area contributed by atoms with Crippen LogP contribution in [-0.2, 0) is 11.3 Å². The van der Waals surface area contributed by atoms with Gasteiger partial charge in [-0.1, -0.05) is 0 Å². The molecule has 0 atom stereocenters. The zero-order valence-electron chi connectivity index (χ0n) is 10.8. The fourth-order valence-corrected chi connectivity index (χ4v) is 1.41. The van der Waals surface area contributed by atoms with Crippen LogP contribution >= 0.6 is 0 Å². The molecule has 9 heteroatoms. The number of nitrogens with zero attached hydrogens (tertiary/aromatic N) is 1. The van der Waals surface area contributed by atoms with Crippen LogP contribution in [0.3, 0.4) is 0 Å². The van der Waals surface area contributed by atoms with Crippen LogP contribution in [0.5, 0.6) is 11.8 Å². The first-order valence-corrected chi connectivity index (χ1v) is 5.53. The van der Waals surface area contributed by atoms with Gasteiger partial charge in [-0.3, -0.25) is 0 Å². The molecule has 1 rings (SSSR count). The number of carbonyl (C=O) groups is 1. The summed E-state index contributed by atoms with van der Waals surface area (Å²) in [6.07, 6.45) is -4.96. The Balaban J connectivity index is 3.34. The minimum atomic E-state index is -4.96. The van der Waals surface area contributed by atoms with E-state index in [4.69, 9.17) is 15.2 Å². The normalized spacial score (nSPS) is 11.1. The Labute approximate surface area is 112 Å². The van der Waals surface area contributed by atoms with E-state index in [0.29, 0.717) is 0 Å². The number of hydrogen-bond donors (Lipinski definition) is 1. The Morgan fingerprint density at radius 2 is 2.10 bits per heavy atom.